The maximum atomic E-state index is 13.2. The van der Waals surface area contributed by atoms with E-state index in [1.807, 2.05) is 0 Å². The molecule has 4 nitrogen and oxygen atoms in total. The van der Waals surface area contributed by atoms with Gasteiger partial charge in [0.25, 0.3) is 0 Å². The minimum Gasteiger partial charge on any atom is -0.381 e. The van der Waals surface area contributed by atoms with Gasteiger partial charge in [0.2, 0.25) is 5.91 Å². The number of thiophene rings is 1. The van der Waals surface area contributed by atoms with Crippen LogP contribution in [0.2, 0.25) is 0 Å². The van der Waals surface area contributed by atoms with Crippen molar-refractivity contribution in [2.45, 2.75) is 44.7 Å². The largest absolute Gasteiger partial charge is 0.381 e. The Morgan fingerprint density at radius 3 is 2.92 bits per heavy atom. The summed E-state index contributed by atoms with van der Waals surface area (Å²) in [6.45, 7) is 4.40. The first-order valence-corrected chi connectivity index (χ1v) is 9.83. The van der Waals surface area contributed by atoms with Gasteiger partial charge in [-0.25, -0.2) is 0 Å². The summed E-state index contributed by atoms with van der Waals surface area (Å²) in [5.74, 6) is 0.401. The van der Waals surface area contributed by atoms with Gasteiger partial charge in [0, 0.05) is 19.2 Å². The predicted molar refractivity (Wildman–Crippen MR) is 98.6 cm³/mol. The third-order valence-electron chi connectivity index (χ3n) is 5.85. The number of carbonyl (C=O) groups is 1. The molecule has 0 bridgehead atoms. The number of piperidine rings is 1. The fourth-order valence-corrected chi connectivity index (χ4v) is 4.98. The molecule has 4 rings (SSSR count). The van der Waals surface area contributed by atoms with Crippen LogP contribution in [-0.4, -0.2) is 43.2 Å². The van der Waals surface area contributed by atoms with Crippen molar-refractivity contribution in [2.24, 2.45) is 11.3 Å². The first kappa shape index (κ1) is 18.2. The first-order chi connectivity index (χ1) is 11.3. The van der Waals surface area contributed by atoms with Crippen LogP contribution in [0.4, 0.5) is 0 Å². The standard InChI is InChI=1S/C18H26N2O2S.ClH/c21-17(15-2-1-8-22-12-15)20(11-14-3-9-23-13-14)16-10-18(16)4-6-19-7-5-18;/h3,9,13,15-16,19H,1-2,4-8,10-12H2;1H. The monoisotopic (exact) mass is 370 g/mol. The van der Waals surface area contributed by atoms with Gasteiger partial charge in [-0.1, -0.05) is 0 Å². The third kappa shape index (κ3) is 3.64. The number of ether oxygens (including phenoxy) is 1. The molecule has 2 saturated heterocycles. The number of nitrogens with one attached hydrogen (secondary N) is 1. The molecule has 1 N–H and O–H groups in total. The Hall–Kier alpha value is -0.620. The van der Waals surface area contributed by atoms with Crippen LogP contribution in [0, 0.1) is 11.3 Å². The molecule has 24 heavy (non-hydrogen) atoms. The lowest BCUT2D eigenvalue weighted by atomic mass is 9.92. The predicted octanol–water partition coefficient (Wildman–Crippen LogP) is 3.07. The van der Waals surface area contributed by atoms with E-state index in [0.717, 1.165) is 39.1 Å². The number of nitrogens with zero attached hydrogens (tertiary/aromatic N) is 1. The van der Waals surface area contributed by atoms with E-state index in [9.17, 15) is 4.79 Å². The Morgan fingerprint density at radius 1 is 1.42 bits per heavy atom. The van der Waals surface area contributed by atoms with Gasteiger partial charge in [0.05, 0.1) is 12.5 Å². The molecule has 2 aliphatic heterocycles. The number of halogens is 1. The molecule has 3 aliphatic rings. The summed E-state index contributed by atoms with van der Waals surface area (Å²) in [6, 6.07) is 2.60. The van der Waals surface area contributed by atoms with Crippen LogP contribution >= 0.6 is 23.7 Å². The minimum atomic E-state index is 0. The summed E-state index contributed by atoms with van der Waals surface area (Å²) < 4.78 is 5.57. The van der Waals surface area contributed by atoms with E-state index in [0.29, 0.717) is 24.0 Å². The van der Waals surface area contributed by atoms with Crippen molar-refractivity contribution < 1.29 is 9.53 Å². The molecule has 1 aromatic rings. The van der Waals surface area contributed by atoms with Crippen molar-refractivity contribution in [2.75, 3.05) is 26.3 Å². The van der Waals surface area contributed by atoms with Gasteiger partial charge < -0.3 is 15.0 Å². The Balaban J connectivity index is 0.00000169. The summed E-state index contributed by atoms with van der Waals surface area (Å²) in [7, 11) is 0. The molecule has 3 fully saturated rings. The maximum Gasteiger partial charge on any atom is 0.228 e. The molecule has 0 aromatic carbocycles. The lowest BCUT2D eigenvalue weighted by Crippen LogP contribution is -2.43. The second-order valence-corrected chi connectivity index (χ2v) is 8.12. The highest BCUT2D eigenvalue weighted by Crippen LogP contribution is 2.56. The van der Waals surface area contributed by atoms with Gasteiger partial charge in [0.15, 0.2) is 0 Å². The van der Waals surface area contributed by atoms with Gasteiger partial charge in [-0.05, 0) is 73.0 Å². The summed E-state index contributed by atoms with van der Waals surface area (Å²) >= 11 is 1.72. The SMILES string of the molecule is Cl.O=C(C1CCCOC1)N(Cc1ccsc1)C1CC12CCNCC2. The van der Waals surface area contributed by atoms with Gasteiger partial charge in [-0.3, -0.25) is 4.79 Å². The van der Waals surface area contributed by atoms with E-state index < -0.39 is 0 Å². The van der Waals surface area contributed by atoms with E-state index in [-0.39, 0.29) is 18.3 Å². The van der Waals surface area contributed by atoms with E-state index in [1.54, 1.807) is 11.3 Å². The Bertz CT molecular complexity index is 539. The van der Waals surface area contributed by atoms with E-state index >= 15 is 0 Å². The van der Waals surface area contributed by atoms with Crippen LogP contribution in [0.5, 0.6) is 0 Å². The molecular formula is C18H27ClN2O2S. The van der Waals surface area contributed by atoms with Crippen molar-refractivity contribution in [3.63, 3.8) is 0 Å². The highest BCUT2D eigenvalue weighted by atomic mass is 35.5. The van der Waals surface area contributed by atoms with Gasteiger partial charge >= 0.3 is 0 Å². The number of hydrogen-bond acceptors (Lipinski definition) is 4. The van der Waals surface area contributed by atoms with Crippen molar-refractivity contribution in [3.05, 3.63) is 22.4 Å². The molecule has 1 aliphatic carbocycles. The smallest absolute Gasteiger partial charge is 0.228 e. The fourth-order valence-electron chi connectivity index (χ4n) is 4.32. The summed E-state index contributed by atoms with van der Waals surface area (Å²) in [4.78, 5) is 15.4. The van der Waals surface area contributed by atoms with Gasteiger partial charge in [-0.2, -0.15) is 11.3 Å². The first-order valence-electron chi connectivity index (χ1n) is 8.89. The summed E-state index contributed by atoms with van der Waals surface area (Å²) in [6.07, 6.45) is 5.62. The van der Waals surface area contributed by atoms with Crippen LogP contribution in [0.25, 0.3) is 0 Å². The quantitative estimate of drug-likeness (QED) is 0.885. The van der Waals surface area contributed by atoms with Crippen molar-refractivity contribution in [3.8, 4) is 0 Å². The lowest BCUT2D eigenvalue weighted by molar-refractivity contribution is -0.141. The Labute approximate surface area is 154 Å². The summed E-state index contributed by atoms with van der Waals surface area (Å²) in [5.41, 5.74) is 1.67. The molecule has 1 saturated carbocycles. The zero-order chi connectivity index (χ0) is 15.7. The van der Waals surface area contributed by atoms with Crippen LogP contribution in [0.3, 0.4) is 0 Å². The van der Waals surface area contributed by atoms with Gasteiger partial charge in [-0.15, -0.1) is 12.4 Å². The normalized spacial score (nSPS) is 28.2. The zero-order valence-electron chi connectivity index (χ0n) is 14.0. The molecule has 0 radical (unpaired) electrons. The molecule has 134 valence electrons. The molecule has 2 unspecified atom stereocenters. The molecule has 3 heterocycles. The second-order valence-electron chi connectivity index (χ2n) is 7.34. The molecule has 6 heteroatoms. The highest BCUT2D eigenvalue weighted by Gasteiger charge is 2.58. The molecular weight excluding hydrogens is 344 g/mol. The molecule has 1 amide bonds. The zero-order valence-corrected chi connectivity index (χ0v) is 15.7. The topological polar surface area (TPSA) is 41.6 Å². The van der Waals surface area contributed by atoms with Crippen LogP contribution in [0.1, 0.15) is 37.7 Å². The van der Waals surface area contributed by atoms with Crippen LogP contribution < -0.4 is 5.32 Å². The van der Waals surface area contributed by atoms with Crippen molar-refractivity contribution >= 4 is 29.7 Å². The second kappa shape index (κ2) is 7.73. The van der Waals surface area contributed by atoms with E-state index in [2.05, 4.69) is 27.0 Å². The third-order valence-corrected chi connectivity index (χ3v) is 6.58. The number of carbonyl (C=O) groups excluding carboxylic acids is 1. The van der Waals surface area contributed by atoms with Crippen LogP contribution in [0.15, 0.2) is 16.8 Å². The average molecular weight is 371 g/mol. The Kier molecular flexibility index (Phi) is 5.85. The molecule has 2 atom stereocenters. The minimum absolute atomic E-state index is 0. The summed E-state index contributed by atoms with van der Waals surface area (Å²) in [5, 5.41) is 7.74. The van der Waals surface area contributed by atoms with E-state index in [1.165, 1.54) is 24.8 Å². The maximum absolute atomic E-state index is 13.2. The number of rotatable bonds is 4. The average Bonchev–Trinajstić information content (AvgIpc) is 3.04. The van der Waals surface area contributed by atoms with Crippen LogP contribution in [-0.2, 0) is 16.1 Å². The number of hydrogen-bond donors (Lipinski definition) is 1. The van der Waals surface area contributed by atoms with Crippen molar-refractivity contribution in [1.29, 1.82) is 0 Å². The lowest BCUT2D eigenvalue weighted by Gasteiger charge is -2.33. The van der Waals surface area contributed by atoms with E-state index in [4.69, 9.17) is 4.74 Å². The molecule has 1 spiro atoms. The van der Waals surface area contributed by atoms with Crippen molar-refractivity contribution in [1.82, 2.24) is 10.2 Å². The highest BCUT2D eigenvalue weighted by molar-refractivity contribution is 7.07. The molecule has 1 aromatic heterocycles. The number of amides is 1. The Morgan fingerprint density at radius 2 is 2.25 bits per heavy atom. The van der Waals surface area contributed by atoms with Gasteiger partial charge in [0.1, 0.15) is 0 Å². The fraction of sp³-hybridized carbons (Fsp3) is 0.722.